The highest BCUT2D eigenvalue weighted by Gasteiger charge is 2.30. The predicted molar refractivity (Wildman–Crippen MR) is 132 cm³/mol. The van der Waals surface area contributed by atoms with E-state index in [0.29, 0.717) is 33.4 Å². The van der Waals surface area contributed by atoms with E-state index in [1.807, 2.05) is 42.5 Å². The molecule has 0 unspecified atom stereocenters. The quantitative estimate of drug-likeness (QED) is 0.180. The highest BCUT2D eigenvalue weighted by Crippen LogP contribution is 2.36. The molecule has 34 heavy (non-hydrogen) atoms. The Morgan fingerprint density at radius 1 is 0.882 bits per heavy atom. The van der Waals surface area contributed by atoms with Gasteiger partial charge in [-0.15, -0.1) is 0 Å². The van der Waals surface area contributed by atoms with Crippen LogP contribution in [0.25, 0.3) is 23.1 Å². The van der Waals surface area contributed by atoms with Gasteiger partial charge in [-0.1, -0.05) is 48.0 Å². The van der Waals surface area contributed by atoms with Gasteiger partial charge in [0.1, 0.15) is 11.5 Å². The summed E-state index contributed by atoms with van der Waals surface area (Å²) in [5.74, 6) is 0.842. The molecule has 5 rings (SSSR count). The third-order valence-corrected chi connectivity index (χ3v) is 5.64. The van der Waals surface area contributed by atoms with Gasteiger partial charge in [0, 0.05) is 28.3 Å². The van der Waals surface area contributed by atoms with Gasteiger partial charge in [0.15, 0.2) is 0 Å². The maximum atomic E-state index is 13.4. The number of rotatable bonds is 5. The second-order valence-electron chi connectivity index (χ2n) is 7.62. The Bertz CT molecular complexity index is 1450. The van der Waals surface area contributed by atoms with Crippen molar-refractivity contribution >= 4 is 40.7 Å². The van der Waals surface area contributed by atoms with E-state index in [0.717, 1.165) is 11.3 Å². The number of carbonyl (C=O) groups is 1. The molecule has 0 saturated carbocycles. The summed E-state index contributed by atoms with van der Waals surface area (Å²) in [6, 6.07) is 26.4. The van der Waals surface area contributed by atoms with Gasteiger partial charge in [-0.2, -0.15) is 0 Å². The average molecular weight is 469 g/mol. The summed E-state index contributed by atoms with van der Waals surface area (Å²) in [7, 11) is 0. The van der Waals surface area contributed by atoms with Gasteiger partial charge in [0.05, 0.1) is 16.3 Å². The lowest BCUT2D eigenvalue weighted by Crippen LogP contribution is -2.24. The Morgan fingerprint density at radius 3 is 2.35 bits per heavy atom. The fourth-order valence-corrected chi connectivity index (χ4v) is 3.98. The zero-order valence-electron chi connectivity index (χ0n) is 17.7. The summed E-state index contributed by atoms with van der Waals surface area (Å²) in [5.41, 5.74) is 3.47. The van der Waals surface area contributed by atoms with Crippen LogP contribution in [-0.4, -0.2) is 10.8 Å². The van der Waals surface area contributed by atoms with Gasteiger partial charge in [-0.05, 0) is 60.2 Å². The largest absolute Gasteiger partial charge is 0.457 e. The van der Waals surface area contributed by atoms with E-state index in [2.05, 4.69) is 0 Å². The number of hydrogen-bond acceptors (Lipinski definition) is 4. The van der Waals surface area contributed by atoms with Gasteiger partial charge >= 0.3 is 0 Å². The van der Waals surface area contributed by atoms with Crippen LogP contribution >= 0.6 is 11.6 Å². The van der Waals surface area contributed by atoms with Gasteiger partial charge < -0.3 is 4.42 Å². The molecule has 0 saturated heterocycles. The molecule has 4 aromatic rings. The molecule has 0 N–H and O–H groups in total. The monoisotopic (exact) mass is 468 g/mol. The molecule has 1 amide bonds. The number of halogens is 1. The predicted octanol–water partition coefficient (Wildman–Crippen LogP) is 6.98. The normalized spacial score (nSPS) is 14.5. The minimum atomic E-state index is -0.449. The average Bonchev–Trinajstić information content (AvgIpc) is 3.45. The number of furan rings is 1. The minimum absolute atomic E-state index is 0.00823. The maximum absolute atomic E-state index is 13.4. The van der Waals surface area contributed by atoms with E-state index in [4.69, 9.17) is 16.0 Å². The van der Waals surface area contributed by atoms with Crippen LogP contribution in [0.2, 0.25) is 5.02 Å². The zero-order valence-corrected chi connectivity index (χ0v) is 18.5. The number of carbonyl (C=O) groups excluding carboxylic acids is 1. The Labute approximate surface area is 200 Å². The Morgan fingerprint density at radius 2 is 1.65 bits per heavy atom. The van der Waals surface area contributed by atoms with Crippen LogP contribution in [0.15, 0.2) is 107 Å². The van der Waals surface area contributed by atoms with Crippen molar-refractivity contribution in [2.75, 3.05) is 4.90 Å². The molecule has 3 aromatic carbocycles. The van der Waals surface area contributed by atoms with Crippen LogP contribution in [0.3, 0.4) is 0 Å². The first kappa shape index (κ1) is 21.4. The Kier molecular flexibility index (Phi) is 5.57. The highest BCUT2D eigenvalue weighted by atomic mass is 35.5. The molecular formula is C27H17ClN2O4. The number of benzene rings is 3. The SMILES string of the molecule is O=C1/C(=C/c2ccc(-c3ccc([N+](=O)[O-])cc3)o2)C=C(c2ccccc2)N1c1cccc(Cl)c1. The summed E-state index contributed by atoms with van der Waals surface area (Å²) in [5, 5.41) is 11.4. The van der Waals surface area contributed by atoms with E-state index in [-0.39, 0.29) is 11.6 Å². The van der Waals surface area contributed by atoms with Crippen molar-refractivity contribution in [3.05, 3.63) is 129 Å². The third kappa shape index (κ3) is 4.14. The molecule has 0 bridgehead atoms. The summed E-state index contributed by atoms with van der Waals surface area (Å²) < 4.78 is 5.91. The van der Waals surface area contributed by atoms with Crippen LogP contribution in [-0.2, 0) is 4.79 Å². The molecule has 1 aliphatic rings. The molecule has 1 aliphatic heterocycles. The lowest BCUT2D eigenvalue weighted by molar-refractivity contribution is -0.384. The van der Waals surface area contributed by atoms with Gasteiger partial charge in [0.25, 0.3) is 11.6 Å². The topological polar surface area (TPSA) is 76.6 Å². The summed E-state index contributed by atoms with van der Waals surface area (Å²) in [4.78, 5) is 25.5. The molecule has 0 fully saturated rings. The standard InChI is InChI=1S/C27H17ClN2O4/c28-21-7-4-8-23(17-21)29-25(18-5-2-1-3-6-18)16-20(27(29)31)15-24-13-14-26(34-24)19-9-11-22(12-10-19)30(32)33/h1-17H/b20-15+. The second kappa shape index (κ2) is 8.84. The molecule has 0 spiro atoms. The Balaban J connectivity index is 1.51. The number of nitro benzene ring substituents is 1. The molecule has 2 heterocycles. The van der Waals surface area contributed by atoms with Crippen molar-refractivity contribution in [1.82, 2.24) is 0 Å². The molecule has 0 atom stereocenters. The first-order valence-electron chi connectivity index (χ1n) is 10.4. The number of amides is 1. The van der Waals surface area contributed by atoms with Gasteiger partial charge in [-0.3, -0.25) is 19.8 Å². The molecule has 1 aromatic heterocycles. The molecule has 7 heteroatoms. The zero-order chi connectivity index (χ0) is 23.7. The van der Waals surface area contributed by atoms with E-state index in [9.17, 15) is 14.9 Å². The highest BCUT2D eigenvalue weighted by molar-refractivity contribution is 6.31. The first-order chi connectivity index (χ1) is 16.5. The van der Waals surface area contributed by atoms with E-state index in [1.165, 1.54) is 12.1 Å². The summed E-state index contributed by atoms with van der Waals surface area (Å²) in [6.45, 7) is 0. The van der Waals surface area contributed by atoms with Crippen molar-refractivity contribution in [3.8, 4) is 11.3 Å². The lowest BCUT2D eigenvalue weighted by Gasteiger charge is -2.21. The van der Waals surface area contributed by atoms with Crippen LogP contribution in [0, 0.1) is 10.1 Å². The number of anilines is 1. The van der Waals surface area contributed by atoms with Crippen molar-refractivity contribution in [2.24, 2.45) is 0 Å². The van der Waals surface area contributed by atoms with Crippen molar-refractivity contribution in [2.45, 2.75) is 0 Å². The van der Waals surface area contributed by atoms with Crippen molar-refractivity contribution in [1.29, 1.82) is 0 Å². The fourth-order valence-electron chi connectivity index (χ4n) is 3.79. The van der Waals surface area contributed by atoms with E-state index < -0.39 is 4.92 Å². The van der Waals surface area contributed by atoms with E-state index in [1.54, 1.807) is 53.4 Å². The second-order valence-corrected chi connectivity index (χ2v) is 8.06. The van der Waals surface area contributed by atoms with Gasteiger partial charge in [0.2, 0.25) is 0 Å². The van der Waals surface area contributed by atoms with Crippen LogP contribution in [0.4, 0.5) is 11.4 Å². The molecule has 166 valence electrons. The van der Waals surface area contributed by atoms with Gasteiger partial charge in [-0.25, -0.2) is 0 Å². The summed E-state index contributed by atoms with van der Waals surface area (Å²) >= 11 is 6.19. The maximum Gasteiger partial charge on any atom is 0.269 e. The van der Waals surface area contributed by atoms with E-state index >= 15 is 0 Å². The van der Waals surface area contributed by atoms with Crippen LogP contribution in [0.5, 0.6) is 0 Å². The molecular weight excluding hydrogens is 452 g/mol. The lowest BCUT2D eigenvalue weighted by atomic mass is 10.1. The van der Waals surface area contributed by atoms with Crippen LogP contribution in [0.1, 0.15) is 11.3 Å². The Hall–Kier alpha value is -4.42. The molecule has 0 aliphatic carbocycles. The smallest absolute Gasteiger partial charge is 0.269 e. The number of non-ortho nitro benzene ring substituents is 1. The molecule has 6 nitrogen and oxygen atoms in total. The fraction of sp³-hybridized carbons (Fsp3) is 0. The first-order valence-corrected chi connectivity index (χ1v) is 10.8. The minimum Gasteiger partial charge on any atom is -0.457 e. The number of nitrogens with zero attached hydrogens (tertiary/aromatic N) is 2. The van der Waals surface area contributed by atoms with Crippen molar-refractivity contribution < 1.29 is 14.1 Å². The van der Waals surface area contributed by atoms with Crippen LogP contribution < -0.4 is 4.90 Å². The third-order valence-electron chi connectivity index (χ3n) is 5.41. The number of nitro groups is 1. The summed E-state index contributed by atoms with van der Waals surface area (Å²) in [6.07, 6.45) is 3.51. The number of hydrogen-bond donors (Lipinski definition) is 0. The van der Waals surface area contributed by atoms with Crippen molar-refractivity contribution in [3.63, 3.8) is 0 Å². The molecule has 0 radical (unpaired) electrons.